The highest BCUT2D eigenvalue weighted by atomic mass is 35.5. The predicted molar refractivity (Wildman–Crippen MR) is 220 cm³/mol. The van der Waals surface area contributed by atoms with E-state index in [0.29, 0.717) is 31.7 Å². The molecule has 0 radical (unpaired) electrons. The van der Waals surface area contributed by atoms with E-state index in [-0.39, 0.29) is 18.1 Å². The summed E-state index contributed by atoms with van der Waals surface area (Å²) in [6.45, 7) is 7.15. The minimum absolute atomic E-state index is 0.141. The van der Waals surface area contributed by atoms with Crippen LogP contribution in [0.25, 0.3) is 11.1 Å². The number of aromatic nitrogens is 1. The van der Waals surface area contributed by atoms with Crippen LogP contribution in [0.3, 0.4) is 0 Å². The lowest BCUT2D eigenvalue weighted by Crippen LogP contribution is -2.55. The van der Waals surface area contributed by atoms with Crippen molar-refractivity contribution >= 4 is 17.6 Å². The fourth-order valence-corrected chi connectivity index (χ4v) is 7.71. The van der Waals surface area contributed by atoms with E-state index in [1.807, 2.05) is 24.5 Å². The van der Waals surface area contributed by atoms with E-state index in [0.717, 1.165) is 99.6 Å². The maximum atomic E-state index is 12.5. The maximum Gasteiger partial charge on any atom is 0.317 e. The number of aliphatic hydroxyl groups is 5. The van der Waals surface area contributed by atoms with Crippen LogP contribution in [0.2, 0.25) is 5.02 Å². The van der Waals surface area contributed by atoms with Gasteiger partial charge in [-0.1, -0.05) is 55.3 Å². The van der Waals surface area contributed by atoms with Gasteiger partial charge in [-0.2, -0.15) is 0 Å². The molecule has 14 heteroatoms. The zero-order chi connectivity index (χ0) is 40.4. The van der Waals surface area contributed by atoms with Gasteiger partial charge in [-0.3, -0.25) is 9.88 Å². The van der Waals surface area contributed by atoms with Crippen molar-refractivity contribution in [2.24, 2.45) is 0 Å². The van der Waals surface area contributed by atoms with E-state index in [1.165, 1.54) is 16.7 Å². The lowest BCUT2D eigenvalue weighted by Gasteiger charge is -2.35. The molecule has 2 aromatic carbocycles. The van der Waals surface area contributed by atoms with Gasteiger partial charge >= 0.3 is 6.03 Å². The molecule has 57 heavy (non-hydrogen) atoms. The number of hydrogen-bond donors (Lipinski definition) is 8. The number of piperazine rings is 1. The Hall–Kier alpha value is -3.37. The van der Waals surface area contributed by atoms with Gasteiger partial charge in [0, 0.05) is 80.9 Å². The number of para-hydroxylation sites is 1. The highest BCUT2D eigenvalue weighted by Gasteiger charge is 2.46. The Morgan fingerprint density at radius 1 is 0.965 bits per heavy atom. The number of nitrogens with zero attached hydrogens (tertiary/aromatic N) is 3. The molecule has 6 rings (SSSR count). The summed E-state index contributed by atoms with van der Waals surface area (Å²) in [7, 11) is 0. The van der Waals surface area contributed by atoms with E-state index < -0.39 is 31.0 Å². The largest absolute Gasteiger partial charge is 0.490 e. The van der Waals surface area contributed by atoms with E-state index >= 15 is 0 Å². The molecular formula is C43H61ClN6O7. The van der Waals surface area contributed by atoms with Crippen molar-refractivity contribution in [1.29, 1.82) is 0 Å². The van der Waals surface area contributed by atoms with Crippen LogP contribution in [0.15, 0.2) is 60.9 Å². The highest BCUT2D eigenvalue weighted by Crippen LogP contribution is 2.50. The Labute approximate surface area is 341 Å². The average Bonchev–Trinajstić information content (AvgIpc) is 4.19. The van der Waals surface area contributed by atoms with E-state index in [4.69, 9.17) is 21.4 Å². The molecule has 13 nitrogen and oxygen atoms in total. The second-order valence-corrected chi connectivity index (χ2v) is 16.4. The lowest BCUT2D eigenvalue weighted by atomic mass is 9.93. The molecule has 1 aliphatic heterocycles. The van der Waals surface area contributed by atoms with Gasteiger partial charge in [0.15, 0.2) is 0 Å². The van der Waals surface area contributed by atoms with Gasteiger partial charge in [-0.15, -0.1) is 0 Å². The number of carbonyl (C=O) groups is 1. The third-order valence-electron chi connectivity index (χ3n) is 11.6. The first kappa shape index (κ1) is 43.2. The Morgan fingerprint density at radius 3 is 2.46 bits per heavy atom. The van der Waals surface area contributed by atoms with Gasteiger partial charge in [0.2, 0.25) is 0 Å². The van der Waals surface area contributed by atoms with Crippen molar-refractivity contribution in [3.05, 3.63) is 82.6 Å². The standard InChI is InChI=1S/C43H61ClN6O7/c1-29(6-4-5-16-45-18-19-49-20-22-50(23-21-49)42(56)47-27-37(52)40(54)41(55)38(53)28-51)30-9-12-36(44)31(24-30)25-48-43(14-15-43)35-26-46-17-13-33(35)34-7-2-3-8-39(34)57-32-10-11-32/h2-3,7-9,12-13,17,24,26,29,32,37-38,40-41,45,48,51-55H,4-6,10-11,14-16,18-23,25,27-28H2,1H3,(H,47,56)/t29?,37-,38+,40+,41+/m0/s1. The van der Waals surface area contributed by atoms with Crippen molar-refractivity contribution in [2.75, 3.05) is 59.0 Å². The maximum absolute atomic E-state index is 12.5. The molecule has 1 aromatic heterocycles. The molecule has 3 fully saturated rings. The Bertz CT molecular complexity index is 1740. The van der Waals surface area contributed by atoms with Gasteiger partial charge < -0.3 is 51.1 Å². The quantitative estimate of drug-likeness (QED) is 0.0698. The number of urea groups is 1. The molecular weight excluding hydrogens is 748 g/mol. The number of pyridine rings is 1. The van der Waals surface area contributed by atoms with Crippen LogP contribution in [-0.4, -0.2) is 136 Å². The van der Waals surface area contributed by atoms with Gasteiger partial charge in [-0.25, -0.2) is 4.79 Å². The molecule has 5 atom stereocenters. The number of benzene rings is 2. The predicted octanol–water partition coefficient (Wildman–Crippen LogP) is 3.35. The fraction of sp³-hybridized carbons (Fsp3) is 0.581. The summed E-state index contributed by atoms with van der Waals surface area (Å²) in [4.78, 5) is 21.0. The zero-order valence-corrected chi connectivity index (χ0v) is 33.8. The second-order valence-electron chi connectivity index (χ2n) is 16.0. The van der Waals surface area contributed by atoms with Crippen molar-refractivity contribution in [1.82, 2.24) is 30.7 Å². The molecule has 8 N–H and O–H groups in total. The first-order chi connectivity index (χ1) is 27.6. The number of nitrogens with one attached hydrogen (secondary N) is 3. The van der Waals surface area contributed by atoms with Gasteiger partial charge in [0.05, 0.1) is 18.8 Å². The summed E-state index contributed by atoms with van der Waals surface area (Å²) in [5.41, 5.74) is 5.78. The summed E-state index contributed by atoms with van der Waals surface area (Å²) in [5.74, 6) is 1.36. The summed E-state index contributed by atoms with van der Waals surface area (Å²) in [6.07, 6.45) is 5.32. The second kappa shape index (κ2) is 20.5. The molecule has 312 valence electrons. The minimum Gasteiger partial charge on any atom is -0.490 e. The van der Waals surface area contributed by atoms with Crippen LogP contribution < -0.4 is 20.7 Å². The SMILES string of the molecule is CC(CCCCNCCN1CCN(C(=O)NC[C@H](O)[C@@H](O)[C@H](O)[C@H](O)CO)CC1)c1ccc(Cl)c(CNC2(c3cnccc3-c3ccccc3OC3CC3)CC2)c1. The summed E-state index contributed by atoms with van der Waals surface area (Å²) in [5, 5.41) is 58.9. The van der Waals surface area contributed by atoms with Crippen molar-refractivity contribution in [2.45, 2.75) is 100 Å². The fourth-order valence-electron chi connectivity index (χ4n) is 7.53. The summed E-state index contributed by atoms with van der Waals surface area (Å²) in [6, 6.07) is 16.6. The van der Waals surface area contributed by atoms with Gasteiger partial charge in [0.25, 0.3) is 0 Å². The van der Waals surface area contributed by atoms with Gasteiger partial charge in [-0.05, 0) is 91.4 Å². The molecule has 3 aliphatic rings. The number of aliphatic hydroxyl groups excluding tert-OH is 5. The minimum atomic E-state index is -1.73. The van der Waals surface area contributed by atoms with E-state index in [2.05, 4.69) is 69.2 Å². The Morgan fingerprint density at radius 2 is 1.72 bits per heavy atom. The molecule has 0 bridgehead atoms. The normalized spacial score (nSPS) is 19.4. The van der Waals surface area contributed by atoms with Crippen LogP contribution in [0.5, 0.6) is 5.75 Å². The molecule has 1 unspecified atom stereocenters. The summed E-state index contributed by atoms with van der Waals surface area (Å²) < 4.78 is 6.29. The Balaban J connectivity index is 0.874. The topological polar surface area (TPSA) is 183 Å². The first-order valence-electron chi connectivity index (χ1n) is 20.6. The molecule has 2 saturated carbocycles. The molecule has 1 saturated heterocycles. The third-order valence-corrected chi connectivity index (χ3v) is 12.0. The number of rotatable bonds is 22. The lowest BCUT2D eigenvalue weighted by molar-refractivity contribution is -0.113. The number of amides is 2. The number of carbonyl (C=O) groups excluding carboxylic acids is 1. The number of hydrogen-bond acceptors (Lipinski definition) is 11. The molecule has 2 aliphatic carbocycles. The third kappa shape index (κ3) is 11.9. The smallest absolute Gasteiger partial charge is 0.317 e. The van der Waals surface area contributed by atoms with Crippen molar-refractivity contribution < 1.29 is 35.1 Å². The monoisotopic (exact) mass is 808 g/mol. The summed E-state index contributed by atoms with van der Waals surface area (Å²) >= 11 is 6.77. The average molecular weight is 809 g/mol. The molecule has 2 amide bonds. The number of unbranched alkanes of at least 4 members (excludes halogenated alkanes) is 1. The number of halogens is 1. The van der Waals surface area contributed by atoms with Crippen LogP contribution in [0.1, 0.15) is 74.5 Å². The van der Waals surface area contributed by atoms with Crippen molar-refractivity contribution in [3.8, 4) is 16.9 Å². The van der Waals surface area contributed by atoms with Crippen LogP contribution >= 0.6 is 11.6 Å². The number of ether oxygens (including phenoxy) is 1. The van der Waals surface area contributed by atoms with Gasteiger partial charge in [0.1, 0.15) is 24.1 Å². The van der Waals surface area contributed by atoms with Crippen LogP contribution in [0, 0.1) is 0 Å². The Kier molecular flexibility index (Phi) is 15.6. The molecule has 0 spiro atoms. The van der Waals surface area contributed by atoms with Crippen molar-refractivity contribution in [3.63, 3.8) is 0 Å². The zero-order valence-electron chi connectivity index (χ0n) is 33.0. The van der Waals surface area contributed by atoms with E-state index in [1.54, 1.807) is 4.90 Å². The first-order valence-corrected chi connectivity index (χ1v) is 21.0. The van der Waals surface area contributed by atoms with E-state index in [9.17, 15) is 25.2 Å². The van der Waals surface area contributed by atoms with Crippen LogP contribution in [-0.2, 0) is 12.1 Å². The van der Waals surface area contributed by atoms with Crippen LogP contribution in [0.4, 0.5) is 4.79 Å². The molecule has 2 heterocycles. The molecule has 3 aromatic rings. The highest BCUT2D eigenvalue weighted by molar-refractivity contribution is 6.31.